The Labute approximate surface area is 204 Å². The first-order valence-corrected chi connectivity index (χ1v) is 12.2. The Kier molecular flexibility index (Phi) is 9.50. The van der Waals surface area contributed by atoms with Crippen molar-refractivity contribution in [1.29, 1.82) is 0 Å². The van der Waals surface area contributed by atoms with Gasteiger partial charge < -0.3 is 15.0 Å². The normalized spacial score (nSPS) is 15.4. The molecule has 1 unspecified atom stereocenters. The largest absolute Gasteiger partial charge is 0.379 e. The highest BCUT2D eigenvalue weighted by atomic mass is 127. The highest BCUT2D eigenvalue weighted by molar-refractivity contribution is 14.1. The lowest BCUT2D eigenvalue weighted by Gasteiger charge is -2.34. The molecule has 6 nitrogen and oxygen atoms in total. The van der Waals surface area contributed by atoms with Crippen molar-refractivity contribution in [3.05, 3.63) is 69.3 Å². The molecule has 1 saturated heterocycles. The minimum Gasteiger partial charge on any atom is -0.379 e. The Morgan fingerprint density at radius 1 is 1.06 bits per heavy atom. The maximum Gasteiger partial charge on any atom is 0.255 e. The van der Waals surface area contributed by atoms with Gasteiger partial charge in [0, 0.05) is 36.3 Å². The van der Waals surface area contributed by atoms with E-state index in [1.54, 1.807) is 4.90 Å². The molecule has 0 aromatic heterocycles. The van der Waals surface area contributed by atoms with Gasteiger partial charge in [0.15, 0.2) is 0 Å². The Morgan fingerprint density at radius 3 is 2.38 bits per heavy atom. The van der Waals surface area contributed by atoms with Gasteiger partial charge in [0.1, 0.15) is 6.04 Å². The third kappa shape index (κ3) is 6.76. The molecule has 1 atom stereocenters. The molecule has 7 heteroatoms. The summed E-state index contributed by atoms with van der Waals surface area (Å²) in [6.07, 6.45) is 0. The van der Waals surface area contributed by atoms with E-state index in [2.05, 4.69) is 32.8 Å². The number of nitrogens with one attached hydrogen (secondary N) is 1. The van der Waals surface area contributed by atoms with Gasteiger partial charge in [0.2, 0.25) is 5.91 Å². The maximum absolute atomic E-state index is 13.7. The number of hydrogen-bond donors (Lipinski definition) is 1. The SMILES string of the molecule is CC(C)C(C(=O)NCCN1CCOCC1)N(Cc1ccccc1)C(=O)c1ccccc1I. The molecule has 0 spiro atoms. The molecule has 1 fully saturated rings. The van der Waals surface area contributed by atoms with Crippen LogP contribution in [-0.4, -0.2) is 67.0 Å². The highest BCUT2D eigenvalue weighted by Crippen LogP contribution is 2.21. The third-order valence-corrected chi connectivity index (χ3v) is 6.57. The van der Waals surface area contributed by atoms with Crippen LogP contribution in [0, 0.1) is 9.49 Å². The molecule has 2 amide bonds. The molecule has 1 N–H and O–H groups in total. The van der Waals surface area contributed by atoms with Gasteiger partial charge >= 0.3 is 0 Å². The molecule has 32 heavy (non-hydrogen) atoms. The van der Waals surface area contributed by atoms with E-state index < -0.39 is 6.04 Å². The number of carbonyl (C=O) groups is 2. The average Bonchev–Trinajstić information content (AvgIpc) is 2.80. The number of nitrogens with zero attached hydrogens (tertiary/aromatic N) is 2. The second-order valence-corrected chi connectivity index (χ2v) is 9.49. The van der Waals surface area contributed by atoms with Crippen molar-refractivity contribution in [3.8, 4) is 0 Å². The average molecular weight is 549 g/mol. The first-order chi connectivity index (χ1) is 15.5. The quantitative estimate of drug-likeness (QED) is 0.488. The van der Waals surface area contributed by atoms with Crippen LogP contribution in [0.15, 0.2) is 54.6 Å². The number of amides is 2. The lowest BCUT2D eigenvalue weighted by atomic mass is 9.99. The second kappa shape index (κ2) is 12.3. The summed E-state index contributed by atoms with van der Waals surface area (Å²) in [5.41, 5.74) is 1.62. The first kappa shape index (κ1) is 24.7. The molecule has 0 radical (unpaired) electrons. The molecule has 1 heterocycles. The van der Waals surface area contributed by atoms with E-state index in [1.807, 2.05) is 68.4 Å². The summed E-state index contributed by atoms with van der Waals surface area (Å²) in [6.45, 7) is 8.94. The molecule has 172 valence electrons. The van der Waals surface area contributed by atoms with Crippen LogP contribution in [0.2, 0.25) is 0 Å². The van der Waals surface area contributed by atoms with Gasteiger partial charge in [-0.05, 0) is 46.2 Å². The molecule has 2 aromatic carbocycles. The van der Waals surface area contributed by atoms with Crippen molar-refractivity contribution < 1.29 is 14.3 Å². The van der Waals surface area contributed by atoms with Gasteiger partial charge in [-0.3, -0.25) is 14.5 Å². The molecule has 0 aliphatic carbocycles. The van der Waals surface area contributed by atoms with Crippen LogP contribution in [0.3, 0.4) is 0 Å². The monoisotopic (exact) mass is 549 g/mol. The van der Waals surface area contributed by atoms with E-state index in [9.17, 15) is 9.59 Å². The fraction of sp³-hybridized carbons (Fsp3) is 0.440. The van der Waals surface area contributed by atoms with Crippen LogP contribution in [-0.2, 0) is 16.1 Å². The van der Waals surface area contributed by atoms with Crippen LogP contribution in [0.4, 0.5) is 0 Å². The Morgan fingerprint density at radius 2 is 1.72 bits per heavy atom. The highest BCUT2D eigenvalue weighted by Gasteiger charge is 2.33. The van der Waals surface area contributed by atoms with Crippen LogP contribution in [0.5, 0.6) is 0 Å². The molecule has 1 aliphatic heterocycles. The number of rotatable bonds is 9. The number of hydrogen-bond acceptors (Lipinski definition) is 4. The van der Waals surface area contributed by atoms with Crippen molar-refractivity contribution in [3.63, 3.8) is 0 Å². The van der Waals surface area contributed by atoms with Crippen molar-refractivity contribution in [2.24, 2.45) is 5.92 Å². The molecule has 1 aliphatic rings. The van der Waals surface area contributed by atoms with Crippen LogP contribution in [0.25, 0.3) is 0 Å². The van der Waals surface area contributed by atoms with E-state index in [0.29, 0.717) is 18.7 Å². The summed E-state index contributed by atoms with van der Waals surface area (Å²) in [5.74, 6) is -0.267. The summed E-state index contributed by atoms with van der Waals surface area (Å²) in [4.78, 5) is 31.0. The molecular weight excluding hydrogens is 517 g/mol. The number of benzene rings is 2. The lowest BCUT2D eigenvalue weighted by Crippen LogP contribution is -2.53. The van der Waals surface area contributed by atoms with Gasteiger partial charge in [-0.15, -0.1) is 0 Å². The number of morpholine rings is 1. The van der Waals surface area contributed by atoms with Crippen LogP contribution < -0.4 is 5.32 Å². The number of halogens is 1. The van der Waals surface area contributed by atoms with Gasteiger partial charge in [0.25, 0.3) is 5.91 Å². The van der Waals surface area contributed by atoms with Crippen LogP contribution >= 0.6 is 22.6 Å². The van der Waals surface area contributed by atoms with Gasteiger partial charge in [-0.2, -0.15) is 0 Å². The van der Waals surface area contributed by atoms with E-state index in [-0.39, 0.29) is 17.7 Å². The van der Waals surface area contributed by atoms with E-state index in [1.165, 1.54) is 0 Å². The summed E-state index contributed by atoms with van der Waals surface area (Å²) < 4.78 is 6.27. The fourth-order valence-electron chi connectivity index (χ4n) is 3.94. The Balaban J connectivity index is 1.79. The maximum atomic E-state index is 13.7. The lowest BCUT2D eigenvalue weighted by molar-refractivity contribution is -0.127. The smallest absolute Gasteiger partial charge is 0.255 e. The zero-order chi connectivity index (χ0) is 22.9. The minimum absolute atomic E-state index is 0.0348. The first-order valence-electron chi connectivity index (χ1n) is 11.1. The number of carbonyl (C=O) groups excluding carboxylic acids is 2. The van der Waals surface area contributed by atoms with Crippen LogP contribution in [0.1, 0.15) is 29.8 Å². The third-order valence-electron chi connectivity index (χ3n) is 5.63. The molecule has 0 saturated carbocycles. The van der Waals surface area contributed by atoms with E-state index in [0.717, 1.165) is 42.0 Å². The minimum atomic E-state index is -0.566. The van der Waals surface area contributed by atoms with Crippen molar-refractivity contribution in [1.82, 2.24) is 15.1 Å². The van der Waals surface area contributed by atoms with Crippen molar-refractivity contribution >= 4 is 34.4 Å². The zero-order valence-corrected chi connectivity index (χ0v) is 21.0. The number of ether oxygens (including phenoxy) is 1. The Bertz CT molecular complexity index is 885. The molecular formula is C25H32IN3O3. The fourth-order valence-corrected chi connectivity index (χ4v) is 4.55. The van der Waals surface area contributed by atoms with Gasteiger partial charge in [-0.25, -0.2) is 0 Å². The van der Waals surface area contributed by atoms with Gasteiger partial charge in [0.05, 0.1) is 18.8 Å². The zero-order valence-electron chi connectivity index (χ0n) is 18.8. The van der Waals surface area contributed by atoms with Gasteiger partial charge in [-0.1, -0.05) is 56.3 Å². The molecule has 2 aromatic rings. The summed E-state index contributed by atoms with van der Waals surface area (Å²) in [5, 5.41) is 3.08. The second-order valence-electron chi connectivity index (χ2n) is 8.33. The predicted octanol–water partition coefficient (Wildman–Crippen LogP) is 3.41. The topological polar surface area (TPSA) is 61.9 Å². The van der Waals surface area contributed by atoms with Crippen molar-refractivity contribution in [2.75, 3.05) is 39.4 Å². The summed E-state index contributed by atoms with van der Waals surface area (Å²) in [6, 6.07) is 16.8. The summed E-state index contributed by atoms with van der Waals surface area (Å²) in [7, 11) is 0. The Hall–Kier alpha value is -1.97. The standard InChI is InChI=1S/C25H32IN3O3/c1-19(2)23(24(30)27-12-13-28-14-16-32-17-15-28)29(18-20-8-4-3-5-9-20)25(31)21-10-6-7-11-22(21)26/h3-11,19,23H,12-18H2,1-2H3,(H,27,30). The van der Waals surface area contributed by atoms with E-state index >= 15 is 0 Å². The van der Waals surface area contributed by atoms with E-state index in [4.69, 9.17) is 4.74 Å². The van der Waals surface area contributed by atoms with Crippen molar-refractivity contribution in [2.45, 2.75) is 26.4 Å². The summed E-state index contributed by atoms with van der Waals surface area (Å²) >= 11 is 2.18. The predicted molar refractivity (Wildman–Crippen MR) is 134 cm³/mol. The molecule has 0 bridgehead atoms. The molecule has 3 rings (SSSR count).